The summed E-state index contributed by atoms with van der Waals surface area (Å²) in [5, 5.41) is 0. The molecule has 2 aliphatic rings. The van der Waals surface area contributed by atoms with Crippen molar-refractivity contribution in [2.45, 2.75) is 58.4 Å². The fraction of sp³-hybridized carbons (Fsp3) is 1.00. The molecule has 0 aromatic heterocycles. The molecule has 2 saturated heterocycles. The van der Waals surface area contributed by atoms with E-state index in [4.69, 9.17) is 0 Å². The van der Waals surface area contributed by atoms with Gasteiger partial charge >= 0.3 is 0 Å². The molecule has 0 bridgehead atoms. The maximum absolute atomic E-state index is 2.79. The molecule has 0 saturated carbocycles. The Labute approximate surface area is 107 Å². The van der Waals surface area contributed by atoms with Crippen molar-refractivity contribution >= 4 is 0 Å². The van der Waals surface area contributed by atoms with Crippen LogP contribution in [0, 0.1) is 5.92 Å². The van der Waals surface area contributed by atoms with Crippen molar-refractivity contribution in [3.8, 4) is 0 Å². The molecule has 17 heavy (non-hydrogen) atoms. The molecule has 0 aromatic carbocycles. The average molecular weight is 238 g/mol. The normalized spacial score (nSPS) is 26.5. The van der Waals surface area contributed by atoms with Crippen molar-refractivity contribution in [3.05, 3.63) is 0 Å². The van der Waals surface area contributed by atoms with Crippen molar-refractivity contribution in [3.63, 3.8) is 0 Å². The predicted octanol–water partition coefficient (Wildman–Crippen LogP) is 2.98. The first-order chi connectivity index (χ1) is 8.33. The second-order valence-corrected chi connectivity index (χ2v) is 5.93. The fourth-order valence-corrected chi connectivity index (χ4v) is 3.62. The molecule has 0 atom stereocenters. The molecular formula is C15H30N2. The molecule has 0 amide bonds. The van der Waals surface area contributed by atoms with Gasteiger partial charge in [0.15, 0.2) is 0 Å². The van der Waals surface area contributed by atoms with Gasteiger partial charge in [-0.25, -0.2) is 0 Å². The van der Waals surface area contributed by atoms with E-state index in [9.17, 15) is 0 Å². The Morgan fingerprint density at radius 2 is 1.53 bits per heavy atom. The Bertz CT molecular complexity index is 201. The van der Waals surface area contributed by atoms with Crippen LogP contribution in [0.3, 0.4) is 0 Å². The third kappa shape index (κ3) is 3.69. The standard InChI is InChI=1S/C15H30N2/c1-3-5-14-6-12-17(13-7-14)15-8-10-16(4-2)11-9-15/h14-15H,3-13H2,1-2H3. The third-order valence-corrected chi connectivity index (χ3v) is 4.87. The van der Waals surface area contributed by atoms with Gasteiger partial charge in [-0.05, 0) is 64.3 Å². The summed E-state index contributed by atoms with van der Waals surface area (Å²) in [4.78, 5) is 5.39. The molecule has 0 unspecified atom stereocenters. The smallest absolute Gasteiger partial charge is 0.0120 e. The highest BCUT2D eigenvalue weighted by Crippen LogP contribution is 2.26. The van der Waals surface area contributed by atoms with E-state index in [1.54, 1.807) is 0 Å². The first-order valence-corrected chi connectivity index (χ1v) is 7.79. The number of hydrogen-bond acceptors (Lipinski definition) is 2. The van der Waals surface area contributed by atoms with Crippen LogP contribution < -0.4 is 0 Å². The second-order valence-electron chi connectivity index (χ2n) is 5.93. The summed E-state index contributed by atoms with van der Waals surface area (Å²) in [6, 6.07) is 0.903. The largest absolute Gasteiger partial charge is 0.303 e. The summed E-state index contributed by atoms with van der Waals surface area (Å²) >= 11 is 0. The van der Waals surface area contributed by atoms with Gasteiger partial charge in [0.1, 0.15) is 0 Å². The fourth-order valence-electron chi connectivity index (χ4n) is 3.62. The minimum Gasteiger partial charge on any atom is -0.303 e. The van der Waals surface area contributed by atoms with Gasteiger partial charge in [0, 0.05) is 6.04 Å². The maximum Gasteiger partial charge on any atom is 0.0120 e. The Hall–Kier alpha value is -0.0800. The molecule has 2 aliphatic heterocycles. The first-order valence-electron chi connectivity index (χ1n) is 7.79. The molecule has 0 aromatic rings. The molecule has 0 radical (unpaired) electrons. The summed E-state index contributed by atoms with van der Waals surface area (Å²) < 4.78 is 0. The summed E-state index contributed by atoms with van der Waals surface area (Å²) in [7, 11) is 0. The summed E-state index contributed by atoms with van der Waals surface area (Å²) in [6.45, 7) is 11.3. The van der Waals surface area contributed by atoms with Gasteiger partial charge in [-0.3, -0.25) is 0 Å². The van der Waals surface area contributed by atoms with Gasteiger partial charge in [-0.1, -0.05) is 26.7 Å². The summed E-state index contributed by atoms with van der Waals surface area (Å²) in [5.74, 6) is 1.03. The first kappa shape index (κ1) is 13.4. The Kier molecular flexibility index (Phi) is 5.30. The third-order valence-electron chi connectivity index (χ3n) is 4.87. The zero-order valence-corrected chi connectivity index (χ0v) is 11.8. The van der Waals surface area contributed by atoms with E-state index >= 15 is 0 Å². The average Bonchev–Trinajstić information content (AvgIpc) is 2.40. The molecule has 2 nitrogen and oxygen atoms in total. The Morgan fingerprint density at radius 1 is 0.882 bits per heavy atom. The lowest BCUT2D eigenvalue weighted by Gasteiger charge is -2.41. The lowest BCUT2D eigenvalue weighted by atomic mass is 9.90. The molecule has 0 aliphatic carbocycles. The highest BCUT2D eigenvalue weighted by molar-refractivity contribution is 4.82. The zero-order chi connectivity index (χ0) is 12.1. The highest BCUT2D eigenvalue weighted by atomic mass is 15.2. The number of nitrogens with zero attached hydrogens (tertiary/aromatic N) is 2. The van der Waals surface area contributed by atoms with Gasteiger partial charge in [0.2, 0.25) is 0 Å². The summed E-state index contributed by atoms with van der Waals surface area (Å²) in [5.41, 5.74) is 0. The van der Waals surface area contributed by atoms with Crippen LogP contribution in [-0.2, 0) is 0 Å². The van der Waals surface area contributed by atoms with Crippen LogP contribution in [0.5, 0.6) is 0 Å². The SMILES string of the molecule is CCCC1CCN(C2CCN(CC)CC2)CC1. The number of piperidine rings is 2. The molecule has 2 heterocycles. The maximum atomic E-state index is 2.79. The lowest BCUT2D eigenvalue weighted by molar-refractivity contribution is 0.0778. The van der Waals surface area contributed by atoms with Crippen LogP contribution in [0.25, 0.3) is 0 Å². The Morgan fingerprint density at radius 3 is 2.06 bits per heavy atom. The topological polar surface area (TPSA) is 6.48 Å². The van der Waals surface area contributed by atoms with Crippen LogP contribution >= 0.6 is 0 Å². The van der Waals surface area contributed by atoms with Crippen LogP contribution in [0.1, 0.15) is 52.4 Å². The van der Waals surface area contributed by atoms with Gasteiger partial charge in [-0.15, -0.1) is 0 Å². The van der Waals surface area contributed by atoms with Crippen LogP contribution in [-0.4, -0.2) is 48.6 Å². The molecule has 2 fully saturated rings. The predicted molar refractivity (Wildman–Crippen MR) is 74.3 cm³/mol. The van der Waals surface area contributed by atoms with E-state index in [0.29, 0.717) is 0 Å². The van der Waals surface area contributed by atoms with Crippen molar-refractivity contribution in [1.29, 1.82) is 0 Å². The molecule has 0 spiro atoms. The van der Waals surface area contributed by atoms with Crippen LogP contribution in [0.15, 0.2) is 0 Å². The second kappa shape index (κ2) is 6.75. The van der Waals surface area contributed by atoms with Crippen molar-refractivity contribution in [2.75, 3.05) is 32.7 Å². The van der Waals surface area contributed by atoms with Crippen LogP contribution in [0.4, 0.5) is 0 Å². The monoisotopic (exact) mass is 238 g/mol. The molecule has 2 rings (SSSR count). The van der Waals surface area contributed by atoms with Gasteiger partial charge in [0.05, 0.1) is 0 Å². The van der Waals surface area contributed by atoms with Gasteiger partial charge in [-0.2, -0.15) is 0 Å². The van der Waals surface area contributed by atoms with E-state index in [-0.39, 0.29) is 0 Å². The minimum absolute atomic E-state index is 0.903. The summed E-state index contributed by atoms with van der Waals surface area (Å²) in [6.07, 6.45) is 8.57. The van der Waals surface area contributed by atoms with Crippen LogP contribution in [0.2, 0.25) is 0 Å². The molecule has 0 N–H and O–H groups in total. The van der Waals surface area contributed by atoms with E-state index in [1.807, 2.05) is 0 Å². The van der Waals surface area contributed by atoms with E-state index < -0.39 is 0 Å². The van der Waals surface area contributed by atoms with Crippen molar-refractivity contribution in [2.24, 2.45) is 5.92 Å². The number of hydrogen-bond donors (Lipinski definition) is 0. The Balaban J connectivity index is 1.70. The van der Waals surface area contributed by atoms with E-state index in [1.165, 1.54) is 71.2 Å². The van der Waals surface area contributed by atoms with Crippen molar-refractivity contribution < 1.29 is 0 Å². The van der Waals surface area contributed by atoms with E-state index in [0.717, 1.165) is 12.0 Å². The van der Waals surface area contributed by atoms with Crippen molar-refractivity contribution in [1.82, 2.24) is 9.80 Å². The highest BCUT2D eigenvalue weighted by Gasteiger charge is 2.27. The number of rotatable bonds is 4. The number of likely N-dealkylation sites (tertiary alicyclic amines) is 2. The quantitative estimate of drug-likeness (QED) is 0.743. The van der Waals surface area contributed by atoms with E-state index in [2.05, 4.69) is 23.6 Å². The molecule has 100 valence electrons. The van der Waals surface area contributed by atoms with Gasteiger partial charge < -0.3 is 9.80 Å². The zero-order valence-electron chi connectivity index (χ0n) is 11.8. The van der Waals surface area contributed by atoms with Gasteiger partial charge in [0.25, 0.3) is 0 Å². The molecule has 2 heteroatoms. The molecular weight excluding hydrogens is 208 g/mol. The minimum atomic E-state index is 0.903. The lowest BCUT2D eigenvalue weighted by Crippen LogP contribution is -2.47.